The van der Waals surface area contributed by atoms with Gasteiger partial charge in [0.1, 0.15) is 17.1 Å². The minimum atomic E-state index is -0.466. The lowest BCUT2D eigenvalue weighted by molar-refractivity contribution is 0.0240. The molecule has 1 aliphatic heterocycles. The molecule has 0 spiro atoms. The Hall–Kier alpha value is -2.64. The highest BCUT2D eigenvalue weighted by Gasteiger charge is 2.26. The van der Waals surface area contributed by atoms with Crippen molar-refractivity contribution in [2.45, 2.75) is 39.7 Å². The summed E-state index contributed by atoms with van der Waals surface area (Å²) in [5.74, 6) is 1.53. The molecular formula is C18H26N6O2. The van der Waals surface area contributed by atoms with Crippen LogP contribution in [0.5, 0.6) is 0 Å². The van der Waals surface area contributed by atoms with Gasteiger partial charge in [0, 0.05) is 32.6 Å². The summed E-state index contributed by atoms with van der Waals surface area (Å²) in [5, 5.41) is 8.19. The van der Waals surface area contributed by atoms with Gasteiger partial charge in [-0.05, 0) is 32.9 Å². The maximum Gasteiger partial charge on any atom is 0.410 e. The van der Waals surface area contributed by atoms with Crippen molar-refractivity contribution in [3.63, 3.8) is 0 Å². The average Bonchev–Trinajstić information content (AvgIpc) is 3.10. The van der Waals surface area contributed by atoms with Crippen molar-refractivity contribution in [1.29, 1.82) is 0 Å². The molecule has 1 amide bonds. The van der Waals surface area contributed by atoms with Crippen LogP contribution in [-0.2, 0) is 11.2 Å². The topological polar surface area (TPSA) is 87.2 Å². The monoisotopic (exact) mass is 358 g/mol. The zero-order chi connectivity index (χ0) is 18.7. The van der Waals surface area contributed by atoms with Crippen LogP contribution in [0.1, 0.15) is 33.5 Å². The van der Waals surface area contributed by atoms with Crippen molar-refractivity contribution >= 4 is 11.8 Å². The predicted octanol–water partition coefficient (Wildman–Crippen LogP) is 2.49. The fraction of sp³-hybridized carbons (Fsp3) is 0.556. The van der Waals surface area contributed by atoms with Crippen molar-refractivity contribution in [3.8, 4) is 11.5 Å². The molecular weight excluding hydrogens is 332 g/mol. The maximum atomic E-state index is 12.1. The number of ether oxygens (including phenoxy) is 1. The lowest BCUT2D eigenvalue weighted by Gasteiger charge is -2.36. The van der Waals surface area contributed by atoms with Gasteiger partial charge < -0.3 is 19.5 Å². The largest absolute Gasteiger partial charge is 0.444 e. The van der Waals surface area contributed by atoms with Crippen molar-refractivity contribution in [2.24, 2.45) is 0 Å². The highest BCUT2D eigenvalue weighted by atomic mass is 16.6. The number of piperazine rings is 1. The second-order valence-corrected chi connectivity index (χ2v) is 7.33. The SMILES string of the molecule is CCc1nnc(-c2ccc(N3CCN(C(=O)OC(C)(C)C)CC3)cn2)[nH]1. The summed E-state index contributed by atoms with van der Waals surface area (Å²) in [6.45, 7) is 10.4. The first-order chi connectivity index (χ1) is 12.4. The number of hydrogen-bond acceptors (Lipinski definition) is 6. The lowest BCUT2D eigenvalue weighted by atomic mass is 10.2. The average molecular weight is 358 g/mol. The number of carbonyl (C=O) groups excluding carboxylic acids is 1. The van der Waals surface area contributed by atoms with Gasteiger partial charge in [-0.25, -0.2) is 4.79 Å². The molecule has 0 bridgehead atoms. The van der Waals surface area contributed by atoms with Crippen LogP contribution in [-0.4, -0.2) is 62.9 Å². The first-order valence-electron chi connectivity index (χ1n) is 8.96. The van der Waals surface area contributed by atoms with Crippen LogP contribution in [0.2, 0.25) is 0 Å². The smallest absolute Gasteiger partial charge is 0.410 e. The molecule has 1 fully saturated rings. The van der Waals surface area contributed by atoms with E-state index in [-0.39, 0.29) is 6.09 Å². The van der Waals surface area contributed by atoms with Gasteiger partial charge in [-0.1, -0.05) is 6.92 Å². The van der Waals surface area contributed by atoms with Crippen molar-refractivity contribution in [3.05, 3.63) is 24.2 Å². The Morgan fingerprint density at radius 3 is 2.46 bits per heavy atom. The quantitative estimate of drug-likeness (QED) is 0.907. The molecule has 2 aromatic heterocycles. The summed E-state index contributed by atoms with van der Waals surface area (Å²) in [6.07, 6.45) is 2.40. The molecule has 2 aromatic rings. The van der Waals surface area contributed by atoms with Gasteiger partial charge in [0.05, 0.1) is 11.9 Å². The molecule has 140 valence electrons. The van der Waals surface area contributed by atoms with Crippen LogP contribution in [0, 0.1) is 0 Å². The van der Waals surface area contributed by atoms with Gasteiger partial charge >= 0.3 is 6.09 Å². The van der Waals surface area contributed by atoms with Crippen LogP contribution >= 0.6 is 0 Å². The third-order valence-electron chi connectivity index (χ3n) is 4.16. The number of H-pyrrole nitrogens is 1. The van der Waals surface area contributed by atoms with Crippen LogP contribution in [0.15, 0.2) is 18.3 Å². The molecule has 1 aliphatic rings. The number of rotatable bonds is 3. The third-order valence-corrected chi connectivity index (χ3v) is 4.16. The number of aryl methyl sites for hydroxylation is 1. The molecule has 0 radical (unpaired) electrons. The van der Waals surface area contributed by atoms with Gasteiger partial charge in [0.2, 0.25) is 0 Å². The van der Waals surface area contributed by atoms with Crippen LogP contribution < -0.4 is 4.90 Å². The van der Waals surface area contributed by atoms with Crippen molar-refractivity contribution in [1.82, 2.24) is 25.1 Å². The van der Waals surface area contributed by atoms with Gasteiger partial charge in [0.15, 0.2) is 5.82 Å². The second-order valence-electron chi connectivity index (χ2n) is 7.33. The Bertz CT molecular complexity index is 742. The molecule has 0 aromatic carbocycles. The Balaban J connectivity index is 1.58. The standard InChI is InChI=1S/C18H26N6O2/c1-5-15-20-16(22-21-15)14-7-6-13(12-19-14)23-8-10-24(11-9-23)17(25)26-18(2,3)4/h6-7,12H,5,8-11H2,1-4H3,(H,20,21,22). The molecule has 0 atom stereocenters. The number of amides is 1. The predicted molar refractivity (Wildman–Crippen MR) is 99.0 cm³/mol. The molecule has 1 N–H and O–H groups in total. The molecule has 1 saturated heterocycles. The van der Waals surface area contributed by atoms with Crippen molar-refractivity contribution in [2.75, 3.05) is 31.1 Å². The van der Waals surface area contributed by atoms with Gasteiger partial charge in [0.25, 0.3) is 0 Å². The lowest BCUT2D eigenvalue weighted by Crippen LogP contribution is -2.50. The zero-order valence-electron chi connectivity index (χ0n) is 15.8. The summed E-state index contributed by atoms with van der Waals surface area (Å²) in [5.41, 5.74) is 1.34. The number of hydrogen-bond donors (Lipinski definition) is 1. The van der Waals surface area contributed by atoms with E-state index in [1.165, 1.54) is 0 Å². The minimum Gasteiger partial charge on any atom is -0.444 e. The van der Waals surface area contributed by atoms with E-state index in [0.29, 0.717) is 18.9 Å². The number of nitrogens with zero attached hydrogens (tertiary/aromatic N) is 5. The van der Waals surface area contributed by atoms with E-state index in [4.69, 9.17) is 4.74 Å². The number of nitrogens with one attached hydrogen (secondary N) is 1. The molecule has 26 heavy (non-hydrogen) atoms. The molecule has 3 rings (SSSR count). The van der Waals surface area contributed by atoms with E-state index in [1.807, 2.05) is 46.0 Å². The number of carbonyl (C=O) groups is 1. The molecule has 3 heterocycles. The van der Waals surface area contributed by atoms with Crippen molar-refractivity contribution < 1.29 is 9.53 Å². The number of anilines is 1. The fourth-order valence-electron chi connectivity index (χ4n) is 2.76. The van der Waals surface area contributed by atoms with Gasteiger partial charge in [-0.2, -0.15) is 0 Å². The fourth-order valence-corrected chi connectivity index (χ4v) is 2.76. The zero-order valence-corrected chi connectivity index (χ0v) is 15.8. The van der Waals surface area contributed by atoms with E-state index in [9.17, 15) is 4.79 Å². The Labute approximate surface area is 153 Å². The Morgan fingerprint density at radius 2 is 1.92 bits per heavy atom. The first kappa shape index (κ1) is 18.2. The van der Waals surface area contributed by atoms with E-state index < -0.39 is 5.60 Å². The Kier molecular flexibility index (Phi) is 5.11. The first-order valence-corrected chi connectivity index (χ1v) is 8.96. The number of aromatic amines is 1. The molecule has 0 saturated carbocycles. The van der Waals surface area contributed by atoms with E-state index >= 15 is 0 Å². The summed E-state index contributed by atoms with van der Waals surface area (Å²) < 4.78 is 5.43. The highest BCUT2D eigenvalue weighted by molar-refractivity contribution is 5.68. The second kappa shape index (κ2) is 7.31. The summed E-state index contributed by atoms with van der Waals surface area (Å²) >= 11 is 0. The van der Waals surface area contributed by atoms with Crippen LogP contribution in [0.3, 0.4) is 0 Å². The Morgan fingerprint density at radius 1 is 1.19 bits per heavy atom. The summed E-state index contributed by atoms with van der Waals surface area (Å²) in [7, 11) is 0. The minimum absolute atomic E-state index is 0.248. The molecule has 8 nitrogen and oxygen atoms in total. The van der Waals surface area contributed by atoms with E-state index in [1.54, 1.807) is 4.90 Å². The summed E-state index contributed by atoms with van der Waals surface area (Å²) in [6, 6.07) is 3.97. The maximum absolute atomic E-state index is 12.1. The molecule has 8 heteroatoms. The number of aromatic nitrogens is 4. The molecule has 0 aliphatic carbocycles. The van der Waals surface area contributed by atoms with Gasteiger partial charge in [-0.3, -0.25) is 4.98 Å². The highest BCUT2D eigenvalue weighted by Crippen LogP contribution is 2.20. The van der Waals surface area contributed by atoms with Crippen LogP contribution in [0.4, 0.5) is 10.5 Å². The molecule has 0 unspecified atom stereocenters. The van der Waals surface area contributed by atoms with Gasteiger partial charge in [-0.15, -0.1) is 10.2 Å². The number of pyridine rings is 1. The van der Waals surface area contributed by atoms with E-state index in [2.05, 4.69) is 25.1 Å². The summed E-state index contributed by atoms with van der Waals surface area (Å²) in [4.78, 5) is 23.8. The normalized spacial score (nSPS) is 15.2. The van der Waals surface area contributed by atoms with E-state index in [0.717, 1.165) is 36.7 Å². The third kappa shape index (κ3) is 4.30. The van der Waals surface area contributed by atoms with Crippen LogP contribution in [0.25, 0.3) is 11.5 Å².